The van der Waals surface area contributed by atoms with Crippen LogP contribution in [0.5, 0.6) is 11.5 Å². The van der Waals surface area contributed by atoms with Crippen molar-refractivity contribution >= 4 is 21.7 Å². The molecule has 0 aliphatic carbocycles. The van der Waals surface area contributed by atoms with Gasteiger partial charge < -0.3 is 9.47 Å². The molecule has 0 fully saturated rings. The third-order valence-corrected chi connectivity index (χ3v) is 3.43. The Balaban J connectivity index is 2.32. The van der Waals surface area contributed by atoms with Crippen LogP contribution in [0.2, 0.25) is 0 Å². The monoisotopic (exact) mass is 320 g/mol. The van der Waals surface area contributed by atoms with Crippen LogP contribution in [0.4, 0.5) is 0 Å². The first kappa shape index (κ1) is 13.6. The van der Waals surface area contributed by atoms with Crippen molar-refractivity contribution in [1.82, 2.24) is 0 Å². The van der Waals surface area contributed by atoms with Gasteiger partial charge in [0.1, 0.15) is 11.5 Å². The minimum absolute atomic E-state index is 0.0443. The van der Waals surface area contributed by atoms with Gasteiger partial charge in [0.2, 0.25) is 0 Å². The average molecular weight is 321 g/mol. The van der Waals surface area contributed by atoms with Gasteiger partial charge in [0.05, 0.1) is 14.2 Å². The number of methoxy groups -OCH3 is 2. The predicted molar refractivity (Wildman–Crippen MR) is 77.1 cm³/mol. The molecule has 0 aromatic heterocycles. The van der Waals surface area contributed by atoms with Gasteiger partial charge in [-0.3, -0.25) is 4.79 Å². The van der Waals surface area contributed by atoms with Crippen molar-refractivity contribution in [2.45, 2.75) is 0 Å². The molecule has 0 aliphatic rings. The lowest BCUT2D eigenvalue weighted by molar-refractivity contribution is 0.103. The van der Waals surface area contributed by atoms with Crippen LogP contribution in [0.25, 0.3) is 0 Å². The van der Waals surface area contributed by atoms with Crippen molar-refractivity contribution in [3.8, 4) is 11.5 Å². The molecule has 0 radical (unpaired) electrons. The van der Waals surface area contributed by atoms with Crippen LogP contribution in [0, 0.1) is 0 Å². The van der Waals surface area contributed by atoms with Gasteiger partial charge >= 0.3 is 0 Å². The lowest BCUT2D eigenvalue weighted by Gasteiger charge is -2.07. The van der Waals surface area contributed by atoms with Crippen LogP contribution >= 0.6 is 15.9 Å². The van der Waals surface area contributed by atoms with Gasteiger partial charge in [-0.2, -0.15) is 0 Å². The second-order valence-corrected chi connectivity index (χ2v) is 4.76. The third kappa shape index (κ3) is 2.96. The smallest absolute Gasteiger partial charge is 0.194 e. The fourth-order valence-corrected chi connectivity index (χ4v) is 2.24. The Bertz CT molecular complexity index is 591. The number of carbonyl (C=O) groups is 1. The summed E-state index contributed by atoms with van der Waals surface area (Å²) in [6.45, 7) is 0. The van der Waals surface area contributed by atoms with E-state index in [-0.39, 0.29) is 5.78 Å². The molecule has 0 saturated carbocycles. The maximum Gasteiger partial charge on any atom is 0.194 e. The molecule has 3 nitrogen and oxygen atoms in total. The highest BCUT2D eigenvalue weighted by atomic mass is 79.9. The van der Waals surface area contributed by atoms with E-state index in [1.807, 2.05) is 0 Å². The van der Waals surface area contributed by atoms with E-state index in [1.54, 1.807) is 56.7 Å². The number of rotatable bonds is 4. The number of carbonyl (C=O) groups excluding carboxylic acids is 1. The van der Waals surface area contributed by atoms with Crippen molar-refractivity contribution in [3.63, 3.8) is 0 Å². The summed E-state index contributed by atoms with van der Waals surface area (Å²) >= 11 is 3.39. The second-order valence-electron chi connectivity index (χ2n) is 3.90. The SMILES string of the molecule is COc1ccc(C(=O)c2ccc(OC)cc2Br)cc1. The van der Waals surface area contributed by atoms with Crippen molar-refractivity contribution in [1.29, 1.82) is 0 Å². The van der Waals surface area contributed by atoms with Crippen LogP contribution in [-0.4, -0.2) is 20.0 Å². The number of hydrogen-bond acceptors (Lipinski definition) is 3. The molecule has 4 heteroatoms. The van der Waals surface area contributed by atoms with Gasteiger partial charge in [0, 0.05) is 15.6 Å². The topological polar surface area (TPSA) is 35.5 Å². The van der Waals surface area contributed by atoms with Gasteiger partial charge in [-0.25, -0.2) is 0 Å². The molecule has 2 rings (SSSR count). The Hall–Kier alpha value is -1.81. The number of ether oxygens (including phenoxy) is 2. The Morgan fingerprint density at radius 1 is 0.947 bits per heavy atom. The highest BCUT2D eigenvalue weighted by Crippen LogP contribution is 2.25. The minimum atomic E-state index is -0.0443. The molecule has 0 unspecified atom stereocenters. The third-order valence-electron chi connectivity index (χ3n) is 2.77. The fourth-order valence-electron chi connectivity index (χ4n) is 1.70. The zero-order valence-electron chi connectivity index (χ0n) is 10.6. The molecule has 0 spiro atoms. The first-order valence-corrected chi connectivity index (χ1v) is 6.47. The molecule has 19 heavy (non-hydrogen) atoms. The molecular weight excluding hydrogens is 308 g/mol. The maximum absolute atomic E-state index is 12.4. The first-order valence-electron chi connectivity index (χ1n) is 5.68. The van der Waals surface area contributed by atoms with Crippen LogP contribution in [-0.2, 0) is 0 Å². The van der Waals surface area contributed by atoms with E-state index in [2.05, 4.69) is 15.9 Å². The molecule has 2 aromatic carbocycles. The van der Waals surface area contributed by atoms with E-state index in [9.17, 15) is 4.79 Å². The Morgan fingerprint density at radius 3 is 2.05 bits per heavy atom. The molecule has 0 atom stereocenters. The molecule has 0 amide bonds. The van der Waals surface area contributed by atoms with Gasteiger partial charge in [0.25, 0.3) is 0 Å². The lowest BCUT2D eigenvalue weighted by atomic mass is 10.0. The number of halogens is 1. The summed E-state index contributed by atoms with van der Waals surface area (Å²) in [4.78, 5) is 12.4. The molecule has 98 valence electrons. The van der Waals surface area contributed by atoms with Gasteiger partial charge in [-0.05, 0) is 58.4 Å². The van der Waals surface area contributed by atoms with E-state index in [4.69, 9.17) is 9.47 Å². The van der Waals surface area contributed by atoms with Crippen LogP contribution < -0.4 is 9.47 Å². The fraction of sp³-hybridized carbons (Fsp3) is 0.133. The highest BCUT2D eigenvalue weighted by Gasteiger charge is 2.13. The van der Waals surface area contributed by atoms with Crippen LogP contribution in [0.3, 0.4) is 0 Å². The highest BCUT2D eigenvalue weighted by molar-refractivity contribution is 9.10. The number of hydrogen-bond donors (Lipinski definition) is 0. The predicted octanol–water partition coefficient (Wildman–Crippen LogP) is 3.70. The van der Waals surface area contributed by atoms with E-state index in [0.29, 0.717) is 21.3 Å². The molecule has 0 bridgehead atoms. The van der Waals surface area contributed by atoms with E-state index < -0.39 is 0 Å². The molecule has 0 aliphatic heterocycles. The van der Waals surface area contributed by atoms with Gasteiger partial charge in [-0.15, -0.1) is 0 Å². The zero-order chi connectivity index (χ0) is 13.8. The summed E-state index contributed by atoms with van der Waals surface area (Å²) in [6.07, 6.45) is 0. The normalized spacial score (nSPS) is 10.1. The van der Waals surface area contributed by atoms with Gasteiger partial charge in [0.15, 0.2) is 5.78 Å². The van der Waals surface area contributed by atoms with Crippen LogP contribution in [0.1, 0.15) is 15.9 Å². The minimum Gasteiger partial charge on any atom is -0.497 e. The van der Waals surface area contributed by atoms with Gasteiger partial charge in [-0.1, -0.05) is 0 Å². The molecule has 2 aromatic rings. The van der Waals surface area contributed by atoms with Crippen molar-refractivity contribution in [2.75, 3.05) is 14.2 Å². The largest absolute Gasteiger partial charge is 0.497 e. The molecule has 0 N–H and O–H groups in total. The quantitative estimate of drug-likeness (QED) is 0.806. The summed E-state index contributed by atoms with van der Waals surface area (Å²) in [6, 6.07) is 12.3. The van der Waals surface area contributed by atoms with E-state index in [0.717, 1.165) is 5.75 Å². The Labute approximate surface area is 120 Å². The first-order chi connectivity index (χ1) is 9.15. The molecule has 0 heterocycles. The summed E-state index contributed by atoms with van der Waals surface area (Å²) in [7, 11) is 3.18. The zero-order valence-corrected chi connectivity index (χ0v) is 12.2. The summed E-state index contributed by atoms with van der Waals surface area (Å²) in [5.41, 5.74) is 1.22. The van der Waals surface area contributed by atoms with Crippen molar-refractivity contribution < 1.29 is 14.3 Å². The Morgan fingerprint density at radius 2 is 1.53 bits per heavy atom. The average Bonchev–Trinajstić information content (AvgIpc) is 2.46. The molecule has 0 saturated heterocycles. The summed E-state index contributed by atoms with van der Waals surface area (Å²) in [5.74, 6) is 1.39. The number of ketones is 1. The van der Waals surface area contributed by atoms with E-state index >= 15 is 0 Å². The maximum atomic E-state index is 12.4. The van der Waals surface area contributed by atoms with Crippen LogP contribution in [0.15, 0.2) is 46.9 Å². The van der Waals surface area contributed by atoms with Crippen molar-refractivity contribution in [2.24, 2.45) is 0 Å². The molecular formula is C15H13BrO3. The summed E-state index contributed by atoms with van der Waals surface area (Å²) < 4.78 is 10.9. The Kier molecular flexibility index (Phi) is 4.22. The van der Waals surface area contributed by atoms with E-state index in [1.165, 1.54) is 0 Å². The summed E-state index contributed by atoms with van der Waals surface area (Å²) in [5, 5.41) is 0. The van der Waals surface area contributed by atoms with Crippen molar-refractivity contribution in [3.05, 3.63) is 58.1 Å². The standard InChI is InChI=1S/C15H13BrO3/c1-18-11-5-3-10(4-6-11)15(17)13-8-7-12(19-2)9-14(13)16/h3-9H,1-2H3. The second kappa shape index (κ2) is 5.89. The lowest BCUT2D eigenvalue weighted by Crippen LogP contribution is -2.02. The number of benzene rings is 2.